The molecule has 1 N–H and O–H groups in total. The number of aliphatic hydroxyl groups excluding tert-OH is 1. The van der Waals surface area contributed by atoms with Gasteiger partial charge in [-0.2, -0.15) is 0 Å². The molecular weight excluding hydrogens is 396 g/mol. The van der Waals surface area contributed by atoms with Gasteiger partial charge in [-0.1, -0.05) is 69.2 Å². The van der Waals surface area contributed by atoms with Gasteiger partial charge < -0.3 is 14.6 Å². The molecule has 170 valence electrons. The van der Waals surface area contributed by atoms with E-state index in [9.17, 15) is 5.11 Å². The van der Waals surface area contributed by atoms with Gasteiger partial charge in [-0.15, -0.1) is 0 Å². The Morgan fingerprint density at radius 2 is 1.41 bits per heavy atom. The molecule has 3 nitrogen and oxygen atoms in total. The number of hydrogen-bond donors (Lipinski definition) is 1. The Kier molecular flexibility index (Phi) is 8.75. The van der Waals surface area contributed by atoms with Gasteiger partial charge >= 0.3 is 0 Å². The quantitative estimate of drug-likeness (QED) is 0.336. The van der Waals surface area contributed by atoms with Gasteiger partial charge in [-0.05, 0) is 65.6 Å². The van der Waals surface area contributed by atoms with Crippen LogP contribution in [0.25, 0.3) is 22.3 Å². The highest BCUT2D eigenvalue weighted by molar-refractivity contribution is 5.78. The fraction of sp³-hybridized carbons (Fsp3) is 0.379. The number of hydrogen-bond acceptors (Lipinski definition) is 3. The summed E-state index contributed by atoms with van der Waals surface area (Å²) in [5.41, 5.74) is 8.31. The van der Waals surface area contributed by atoms with Crippen LogP contribution in [0.5, 0.6) is 11.5 Å². The summed E-state index contributed by atoms with van der Waals surface area (Å²) in [7, 11) is 3.35. The summed E-state index contributed by atoms with van der Waals surface area (Å²) in [4.78, 5) is 0. The Balaban J connectivity index is 1.95. The summed E-state index contributed by atoms with van der Waals surface area (Å²) < 4.78 is 11.3. The maximum atomic E-state index is 9.37. The van der Waals surface area contributed by atoms with Gasteiger partial charge in [-0.25, -0.2) is 0 Å². The number of methoxy groups -OCH3 is 2. The normalized spacial score (nSPS) is 10.9. The summed E-state index contributed by atoms with van der Waals surface area (Å²) >= 11 is 0. The number of ether oxygens (including phenoxy) is 2. The molecule has 0 aliphatic rings. The van der Waals surface area contributed by atoms with E-state index in [0.717, 1.165) is 41.0 Å². The highest BCUT2D eigenvalue weighted by atomic mass is 16.5. The predicted octanol–water partition coefficient (Wildman–Crippen LogP) is 6.87. The van der Waals surface area contributed by atoms with Crippen molar-refractivity contribution < 1.29 is 14.6 Å². The van der Waals surface area contributed by atoms with E-state index in [1.54, 1.807) is 14.2 Å². The lowest BCUT2D eigenvalue weighted by molar-refractivity contribution is 0.296. The van der Waals surface area contributed by atoms with Gasteiger partial charge in [-0.3, -0.25) is 0 Å². The number of unbranched alkanes of at least 4 members (excludes halogenated alkanes) is 2. The molecule has 0 aliphatic carbocycles. The van der Waals surface area contributed by atoms with Crippen LogP contribution in [0.3, 0.4) is 0 Å². The maximum absolute atomic E-state index is 9.37. The molecule has 0 atom stereocenters. The topological polar surface area (TPSA) is 38.7 Å². The van der Waals surface area contributed by atoms with Crippen LogP contribution in [-0.2, 0) is 19.3 Å². The second-order valence-electron chi connectivity index (χ2n) is 8.22. The second kappa shape index (κ2) is 11.7. The molecule has 0 aromatic heterocycles. The zero-order valence-corrected chi connectivity index (χ0v) is 19.9. The van der Waals surface area contributed by atoms with Gasteiger partial charge in [0.1, 0.15) is 11.5 Å². The van der Waals surface area contributed by atoms with E-state index < -0.39 is 0 Å². The molecule has 0 unspecified atom stereocenters. The first kappa shape index (κ1) is 23.9. The van der Waals surface area contributed by atoms with Crippen LogP contribution in [-0.4, -0.2) is 25.9 Å². The fourth-order valence-electron chi connectivity index (χ4n) is 4.27. The van der Waals surface area contributed by atoms with E-state index in [-0.39, 0.29) is 6.61 Å². The molecule has 0 fully saturated rings. The van der Waals surface area contributed by atoms with Crippen molar-refractivity contribution in [3.63, 3.8) is 0 Å². The predicted molar refractivity (Wildman–Crippen MR) is 134 cm³/mol. The first-order valence-electron chi connectivity index (χ1n) is 11.7. The average molecular weight is 433 g/mol. The van der Waals surface area contributed by atoms with Crippen LogP contribution >= 0.6 is 0 Å². The molecule has 0 heterocycles. The minimum atomic E-state index is 0.0743. The largest absolute Gasteiger partial charge is 0.496 e. The Labute approximate surface area is 193 Å². The van der Waals surface area contributed by atoms with Gasteiger partial charge in [0, 0.05) is 17.7 Å². The lowest BCUT2D eigenvalue weighted by atomic mass is 9.92. The Morgan fingerprint density at radius 3 is 2.03 bits per heavy atom. The zero-order valence-electron chi connectivity index (χ0n) is 19.9. The number of benzene rings is 3. The first-order valence-corrected chi connectivity index (χ1v) is 11.7. The van der Waals surface area contributed by atoms with Crippen LogP contribution in [0.1, 0.15) is 49.8 Å². The molecule has 32 heavy (non-hydrogen) atoms. The smallest absolute Gasteiger partial charge is 0.127 e. The average Bonchev–Trinajstić information content (AvgIpc) is 2.84. The third kappa shape index (κ3) is 5.52. The summed E-state index contributed by atoms with van der Waals surface area (Å²) in [6.45, 7) is 4.52. The summed E-state index contributed by atoms with van der Waals surface area (Å²) in [6, 6.07) is 19.7. The van der Waals surface area contributed by atoms with Crippen LogP contribution in [0, 0.1) is 0 Å². The van der Waals surface area contributed by atoms with Crippen LogP contribution in [0.2, 0.25) is 0 Å². The number of aryl methyl sites for hydroxylation is 2. The number of rotatable bonds is 11. The molecule has 3 heteroatoms. The van der Waals surface area contributed by atoms with E-state index >= 15 is 0 Å². The summed E-state index contributed by atoms with van der Waals surface area (Å²) in [5.74, 6) is 1.57. The molecule has 0 amide bonds. The third-order valence-electron chi connectivity index (χ3n) is 6.11. The van der Waals surface area contributed by atoms with Gasteiger partial charge in [0.25, 0.3) is 0 Å². The highest BCUT2D eigenvalue weighted by Gasteiger charge is 2.14. The molecule has 0 aliphatic heterocycles. The second-order valence-corrected chi connectivity index (χ2v) is 8.22. The molecule has 0 saturated heterocycles. The molecule has 3 rings (SSSR count). The molecule has 3 aromatic rings. The van der Waals surface area contributed by atoms with Crippen molar-refractivity contribution in [2.24, 2.45) is 0 Å². The van der Waals surface area contributed by atoms with Crippen molar-refractivity contribution in [2.45, 2.75) is 52.4 Å². The van der Waals surface area contributed by atoms with E-state index in [0.29, 0.717) is 6.42 Å². The van der Waals surface area contributed by atoms with Crippen molar-refractivity contribution in [1.29, 1.82) is 0 Å². The minimum Gasteiger partial charge on any atom is -0.496 e. The lowest BCUT2D eigenvalue weighted by Gasteiger charge is -2.17. The van der Waals surface area contributed by atoms with E-state index in [1.165, 1.54) is 41.5 Å². The van der Waals surface area contributed by atoms with Gasteiger partial charge in [0.15, 0.2) is 0 Å². The van der Waals surface area contributed by atoms with Crippen LogP contribution < -0.4 is 9.47 Å². The SMILES string of the molecule is CCCCCc1ccc(-c2ccc(-c3cc(OC)c(CCO)cc3OC)cc2CC)cc1. The highest BCUT2D eigenvalue weighted by Crippen LogP contribution is 2.38. The maximum Gasteiger partial charge on any atom is 0.127 e. The van der Waals surface area contributed by atoms with Gasteiger partial charge in [0.2, 0.25) is 0 Å². The molecule has 0 bridgehead atoms. The Bertz CT molecular complexity index is 1010. The van der Waals surface area contributed by atoms with Crippen molar-refractivity contribution in [3.8, 4) is 33.8 Å². The fourth-order valence-corrected chi connectivity index (χ4v) is 4.27. The van der Waals surface area contributed by atoms with Crippen molar-refractivity contribution in [3.05, 3.63) is 71.3 Å². The zero-order chi connectivity index (χ0) is 22.9. The Hall–Kier alpha value is -2.78. The molecular formula is C29H36O3. The summed E-state index contributed by atoms with van der Waals surface area (Å²) in [6.07, 6.45) is 6.44. The molecule has 0 spiro atoms. The molecule has 0 radical (unpaired) electrons. The number of aliphatic hydroxyl groups is 1. The van der Waals surface area contributed by atoms with Crippen LogP contribution in [0.4, 0.5) is 0 Å². The van der Waals surface area contributed by atoms with Crippen LogP contribution in [0.15, 0.2) is 54.6 Å². The first-order chi connectivity index (χ1) is 15.6. The van der Waals surface area contributed by atoms with E-state index in [1.807, 2.05) is 12.1 Å². The molecule has 0 saturated carbocycles. The third-order valence-corrected chi connectivity index (χ3v) is 6.11. The van der Waals surface area contributed by atoms with Crippen molar-refractivity contribution >= 4 is 0 Å². The monoisotopic (exact) mass is 432 g/mol. The minimum absolute atomic E-state index is 0.0743. The van der Waals surface area contributed by atoms with E-state index in [2.05, 4.69) is 56.3 Å². The van der Waals surface area contributed by atoms with Crippen molar-refractivity contribution in [1.82, 2.24) is 0 Å². The molecule has 3 aromatic carbocycles. The lowest BCUT2D eigenvalue weighted by Crippen LogP contribution is -1.99. The Morgan fingerprint density at radius 1 is 0.688 bits per heavy atom. The standard InChI is InChI=1S/C29H36O3/c1-5-7-8-9-21-10-12-23(13-11-21)26-15-14-24(18-22(26)6-2)27-20-28(31-3)25(16-17-30)19-29(27)32-4/h10-15,18-20,30H,5-9,16-17H2,1-4H3. The summed E-state index contributed by atoms with van der Waals surface area (Å²) in [5, 5.41) is 9.37. The van der Waals surface area contributed by atoms with Gasteiger partial charge in [0.05, 0.1) is 14.2 Å². The van der Waals surface area contributed by atoms with E-state index in [4.69, 9.17) is 9.47 Å². The van der Waals surface area contributed by atoms with Crippen molar-refractivity contribution in [2.75, 3.05) is 20.8 Å².